The summed E-state index contributed by atoms with van der Waals surface area (Å²) in [5, 5.41) is 0. The van der Waals surface area contributed by atoms with Crippen LogP contribution >= 0.6 is 15.6 Å². The first-order valence-electron chi connectivity index (χ1n) is 17.1. The van der Waals surface area contributed by atoms with Crippen LogP contribution in [-0.4, -0.2) is 39.1 Å². The molecule has 1 aliphatic heterocycles. The molecule has 0 saturated heterocycles. The zero-order valence-electron chi connectivity index (χ0n) is 30.9. The van der Waals surface area contributed by atoms with E-state index >= 15 is 0 Å². The number of ether oxygens (including phenoxy) is 3. The monoisotopic (exact) mass is 815 g/mol. The molecule has 0 radical (unpaired) electrons. The van der Waals surface area contributed by atoms with E-state index in [1.165, 1.54) is 73.8 Å². The van der Waals surface area contributed by atoms with Gasteiger partial charge in [0, 0.05) is 18.2 Å². The standard InChI is InChI=1S/C37H40N2O14P2.H3N/c1-4-5-6-34(40)51-30-15-9-27(10-16-30)22-48-55(46,49-23-28-11-17-31(18-12-28)52-36(42)29-13-7-25(2)8-14-29)53-54(44,45)47-24-32-19-20-33(50-32)39-21-26(3)35(41)38-37(39)43;/h7-21,32-33H,4-6,22-24H2,1-3H3,(H,44,45)(H,38,41,43);1H3/t32-,33+,55?;/m0./s1. The predicted molar refractivity (Wildman–Crippen MR) is 202 cm³/mol. The van der Waals surface area contributed by atoms with Gasteiger partial charge in [-0.05, 0) is 73.9 Å². The second kappa shape index (κ2) is 19.9. The van der Waals surface area contributed by atoms with Gasteiger partial charge in [-0.25, -0.2) is 18.7 Å². The lowest BCUT2D eigenvalue weighted by molar-refractivity contribution is -0.134. The molecule has 0 aliphatic carbocycles. The van der Waals surface area contributed by atoms with Crippen LogP contribution in [0.25, 0.3) is 0 Å². The highest BCUT2D eigenvalue weighted by Gasteiger charge is 2.39. The van der Waals surface area contributed by atoms with Gasteiger partial charge >= 0.3 is 33.3 Å². The molecule has 56 heavy (non-hydrogen) atoms. The molecule has 1 aromatic heterocycles. The molecule has 4 atom stereocenters. The Morgan fingerprint density at radius 3 is 2.02 bits per heavy atom. The van der Waals surface area contributed by atoms with Crippen molar-refractivity contribution < 1.29 is 55.7 Å². The Balaban J connectivity index is 0.00000696. The SMILES string of the molecule is CCCCC(=O)Oc1ccc(COP(=O)(OCc2ccc(OC(=O)c3ccc(C)cc3)cc2)OP(=O)(O)OC[C@@H]2C=C[C@H](n3cc(C)c(=O)[nH]c3=O)O2)cc1.N. The number of aromatic amines is 1. The summed E-state index contributed by atoms with van der Waals surface area (Å²) in [4.78, 5) is 61.3. The first-order valence-corrected chi connectivity index (χ1v) is 20.1. The second-order valence-electron chi connectivity index (χ2n) is 12.4. The Labute approximate surface area is 322 Å². The molecule has 3 aromatic carbocycles. The Morgan fingerprint density at radius 1 is 0.839 bits per heavy atom. The maximum absolute atomic E-state index is 13.9. The van der Waals surface area contributed by atoms with Gasteiger partial charge in [0.25, 0.3) is 5.56 Å². The summed E-state index contributed by atoms with van der Waals surface area (Å²) in [6, 6.07) is 19.0. The van der Waals surface area contributed by atoms with E-state index in [0.29, 0.717) is 23.1 Å². The fourth-order valence-electron chi connectivity index (χ4n) is 4.89. The number of phosphoric ester groups is 2. The lowest BCUT2D eigenvalue weighted by Crippen LogP contribution is -2.33. The number of rotatable bonds is 18. The van der Waals surface area contributed by atoms with Crippen molar-refractivity contribution in [1.29, 1.82) is 0 Å². The first-order chi connectivity index (χ1) is 26.2. The molecule has 300 valence electrons. The van der Waals surface area contributed by atoms with Crippen LogP contribution in [0.15, 0.2) is 101 Å². The van der Waals surface area contributed by atoms with Crippen LogP contribution in [0.3, 0.4) is 0 Å². The number of aromatic nitrogens is 2. The Hall–Kier alpha value is -4.80. The molecule has 5 N–H and O–H groups in total. The van der Waals surface area contributed by atoms with Crippen LogP contribution in [0.5, 0.6) is 11.5 Å². The Bertz CT molecular complexity index is 2200. The maximum atomic E-state index is 13.9. The van der Waals surface area contributed by atoms with E-state index in [0.717, 1.165) is 16.6 Å². The average molecular weight is 816 g/mol. The molecule has 0 amide bonds. The van der Waals surface area contributed by atoms with Crippen molar-refractivity contribution in [2.24, 2.45) is 0 Å². The molecule has 19 heteroatoms. The zero-order chi connectivity index (χ0) is 39.6. The number of hydrogen-bond acceptors (Lipinski definition) is 14. The minimum Gasteiger partial charge on any atom is -0.427 e. The third-order valence-corrected chi connectivity index (χ3v) is 10.9. The van der Waals surface area contributed by atoms with Gasteiger partial charge in [0.1, 0.15) is 17.6 Å². The van der Waals surface area contributed by atoms with Crippen molar-refractivity contribution in [3.8, 4) is 11.5 Å². The highest BCUT2D eigenvalue weighted by atomic mass is 31.3. The molecular formula is C37H43N3O14P2. The van der Waals surface area contributed by atoms with Crippen LogP contribution in [0.2, 0.25) is 0 Å². The van der Waals surface area contributed by atoms with Crippen molar-refractivity contribution in [1.82, 2.24) is 15.7 Å². The van der Waals surface area contributed by atoms with Gasteiger partial charge in [-0.3, -0.25) is 32.7 Å². The van der Waals surface area contributed by atoms with E-state index in [1.807, 2.05) is 13.8 Å². The molecule has 2 heterocycles. The summed E-state index contributed by atoms with van der Waals surface area (Å²) in [5.74, 6) is -0.439. The normalized spacial score (nSPS) is 17.0. The number of carbonyl (C=O) groups excluding carboxylic acids is 2. The molecule has 4 aromatic rings. The van der Waals surface area contributed by atoms with Gasteiger partial charge in [-0.15, -0.1) is 0 Å². The summed E-state index contributed by atoms with van der Waals surface area (Å²) < 4.78 is 65.6. The van der Waals surface area contributed by atoms with E-state index in [9.17, 15) is 33.2 Å². The third kappa shape index (κ3) is 12.9. The number of hydrogen-bond donors (Lipinski definition) is 3. The summed E-state index contributed by atoms with van der Waals surface area (Å²) in [6.07, 6.45) is 4.16. The van der Waals surface area contributed by atoms with E-state index in [-0.39, 0.29) is 35.6 Å². The molecule has 5 rings (SSSR count). The van der Waals surface area contributed by atoms with E-state index < -0.39 is 65.0 Å². The molecule has 0 fully saturated rings. The molecule has 2 unspecified atom stereocenters. The van der Waals surface area contributed by atoms with Gasteiger partial charge in [-0.1, -0.05) is 61.4 Å². The molecule has 0 spiro atoms. The maximum Gasteiger partial charge on any atom is 0.484 e. The average Bonchev–Trinajstić information content (AvgIpc) is 3.63. The number of nitrogens with one attached hydrogen (secondary N) is 1. The van der Waals surface area contributed by atoms with Crippen LogP contribution in [0, 0.1) is 13.8 Å². The van der Waals surface area contributed by atoms with Crippen molar-refractivity contribution in [3.05, 3.63) is 140 Å². The highest BCUT2D eigenvalue weighted by Crippen LogP contribution is 2.64. The van der Waals surface area contributed by atoms with E-state index in [4.69, 9.17) is 32.1 Å². The number of nitrogens with zero attached hydrogens (tertiary/aromatic N) is 1. The number of benzene rings is 3. The van der Waals surface area contributed by atoms with Gasteiger partial charge < -0.3 is 25.3 Å². The summed E-state index contributed by atoms with van der Waals surface area (Å²) in [7, 11) is -10.1. The van der Waals surface area contributed by atoms with Crippen LogP contribution in [-0.2, 0) is 49.8 Å². The fraction of sp³-hybridized carbons (Fsp3) is 0.297. The van der Waals surface area contributed by atoms with Gasteiger partial charge in [0.15, 0.2) is 6.23 Å². The van der Waals surface area contributed by atoms with Crippen LogP contribution in [0.1, 0.15) is 65.0 Å². The number of esters is 2. The molecular weight excluding hydrogens is 772 g/mol. The van der Waals surface area contributed by atoms with Crippen molar-refractivity contribution >= 4 is 27.6 Å². The van der Waals surface area contributed by atoms with E-state index in [2.05, 4.69) is 4.98 Å². The lowest BCUT2D eigenvalue weighted by atomic mass is 10.1. The van der Waals surface area contributed by atoms with Gasteiger partial charge in [0.2, 0.25) is 0 Å². The van der Waals surface area contributed by atoms with Gasteiger partial charge in [0.05, 0.1) is 25.4 Å². The summed E-state index contributed by atoms with van der Waals surface area (Å²) in [6.45, 7) is 3.94. The minimum absolute atomic E-state index is 0. The molecule has 0 saturated carbocycles. The van der Waals surface area contributed by atoms with Crippen LogP contribution in [0.4, 0.5) is 0 Å². The predicted octanol–water partition coefficient (Wildman–Crippen LogP) is 6.76. The topological polar surface area (TPSA) is 243 Å². The number of unbranched alkanes of at least 4 members (excludes halogenated alkanes) is 1. The number of H-pyrrole nitrogens is 1. The number of aryl methyl sites for hydroxylation is 2. The lowest BCUT2D eigenvalue weighted by Gasteiger charge is -2.22. The van der Waals surface area contributed by atoms with Crippen LogP contribution < -0.4 is 26.9 Å². The van der Waals surface area contributed by atoms with E-state index in [1.54, 1.807) is 24.3 Å². The Kier molecular flexibility index (Phi) is 15.6. The highest BCUT2D eigenvalue weighted by molar-refractivity contribution is 7.61. The Morgan fingerprint density at radius 2 is 1.43 bits per heavy atom. The van der Waals surface area contributed by atoms with Gasteiger partial charge in [-0.2, -0.15) is 4.31 Å². The molecule has 17 nitrogen and oxygen atoms in total. The first kappa shape index (κ1) is 43.9. The third-order valence-electron chi connectivity index (χ3n) is 7.92. The molecule has 0 bridgehead atoms. The number of carbonyl (C=O) groups is 2. The quantitative estimate of drug-likeness (QED) is 0.0407. The minimum atomic E-state index is -5.17. The summed E-state index contributed by atoms with van der Waals surface area (Å²) in [5.41, 5.74) is 1.18. The second-order valence-corrected chi connectivity index (χ2v) is 15.6. The molecule has 1 aliphatic rings. The largest absolute Gasteiger partial charge is 0.484 e. The van der Waals surface area contributed by atoms with Crippen molar-refractivity contribution in [2.45, 2.75) is 65.6 Å². The smallest absolute Gasteiger partial charge is 0.427 e. The fourth-order valence-corrected chi connectivity index (χ4v) is 7.49. The zero-order valence-corrected chi connectivity index (χ0v) is 32.6. The number of phosphoric acid groups is 2. The van der Waals surface area contributed by atoms with Crippen molar-refractivity contribution in [2.75, 3.05) is 6.61 Å². The van der Waals surface area contributed by atoms with Crippen molar-refractivity contribution in [3.63, 3.8) is 0 Å². The summed E-state index contributed by atoms with van der Waals surface area (Å²) >= 11 is 0.